The van der Waals surface area contributed by atoms with Crippen LogP contribution in [-0.4, -0.2) is 44.3 Å². The van der Waals surface area contributed by atoms with E-state index >= 15 is 0 Å². The van der Waals surface area contributed by atoms with E-state index in [9.17, 15) is 4.79 Å². The molecule has 1 aliphatic heterocycles. The molecule has 0 N–H and O–H groups in total. The first-order chi connectivity index (χ1) is 8.95. The summed E-state index contributed by atoms with van der Waals surface area (Å²) in [4.78, 5) is 11.4. The number of esters is 1. The molecular weight excluding hydrogens is 248 g/mol. The van der Waals surface area contributed by atoms with Crippen LogP contribution in [0.1, 0.15) is 40.5 Å². The Kier molecular flexibility index (Phi) is 6.75. The fraction of sp³-hybridized carbons (Fsp3) is 0.929. The van der Waals surface area contributed by atoms with Crippen molar-refractivity contribution in [3.05, 3.63) is 0 Å². The second kappa shape index (κ2) is 7.82. The van der Waals surface area contributed by atoms with Crippen molar-refractivity contribution >= 4 is 5.97 Å². The van der Waals surface area contributed by atoms with Gasteiger partial charge >= 0.3 is 5.97 Å². The molecule has 0 radical (unpaired) electrons. The summed E-state index contributed by atoms with van der Waals surface area (Å²) in [6.45, 7) is 9.82. The summed E-state index contributed by atoms with van der Waals surface area (Å²) in [5, 5.41) is 0. The van der Waals surface area contributed by atoms with E-state index in [1.54, 1.807) is 0 Å². The summed E-state index contributed by atoms with van der Waals surface area (Å²) in [5.74, 6) is -0.302. The largest absolute Gasteiger partial charge is 0.463 e. The van der Waals surface area contributed by atoms with E-state index < -0.39 is 5.79 Å². The zero-order chi connectivity index (χ0) is 14.3. The Morgan fingerprint density at radius 2 is 2.21 bits per heavy atom. The van der Waals surface area contributed by atoms with Crippen LogP contribution in [0.4, 0.5) is 0 Å². The van der Waals surface area contributed by atoms with Crippen molar-refractivity contribution in [3.63, 3.8) is 0 Å². The Morgan fingerprint density at radius 1 is 1.47 bits per heavy atom. The molecule has 19 heavy (non-hydrogen) atoms. The van der Waals surface area contributed by atoms with Crippen LogP contribution in [0.3, 0.4) is 0 Å². The van der Waals surface area contributed by atoms with Gasteiger partial charge in [0.15, 0.2) is 5.79 Å². The lowest BCUT2D eigenvalue weighted by atomic mass is 10.0. The maximum Gasteiger partial charge on any atom is 0.308 e. The van der Waals surface area contributed by atoms with Crippen molar-refractivity contribution in [2.75, 3.05) is 26.4 Å². The number of hydrogen-bond donors (Lipinski definition) is 0. The van der Waals surface area contributed by atoms with Gasteiger partial charge in [0.1, 0.15) is 12.7 Å². The van der Waals surface area contributed by atoms with E-state index in [1.807, 2.05) is 13.8 Å². The molecule has 1 saturated heterocycles. The van der Waals surface area contributed by atoms with E-state index in [-0.39, 0.29) is 25.1 Å². The third kappa shape index (κ3) is 6.36. The quantitative estimate of drug-likeness (QED) is 0.501. The summed E-state index contributed by atoms with van der Waals surface area (Å²) in [5.41, 5.74) is 0. The van der Waals surface area contributed by atoms with Crippen LogP contribution >= 0.6 is 0 Å². The highest BCUT2D eigenvalue weighted by molar-refractivity contribution is 5.69. The van der Waals surface area contributed by atoms with E-state index in [0.717, 1.165) is 6.42 Å². The van der Waals surface area contributed by atoms with Gasteiger partial charge < -0.3 is 18.9 Å². The van der Waals surface area contributed by atoms with Gasteiger partial charge in [0.05, 0.1) is 19.6 Å². The van der Waals surface area contributed by atoms with Crippen molar-refractivity contribution in [3.8, 4) is 0 Å². The fourth-order valence-corrected chi connectivity index (χ4v) is 2.18. The molecule has 112 valence electrons. The lowest BCUT2D eigenvalue weighted by Gasteiger charge is -2.25. The summed E-state index contributed by atoms with van der Waals surface area (Å²) in [6.07, 6.45) is 0.951. The predicted octanol–water partition coefficient (Wildman–Crippen LogP) is 2.13. The molecule has 0 saturated carbocycles. The number of carbonyl (C=O) groups is 1. The molecule has 0 aliphatic carbocycles. The SMILES string of the molecule is CCOCCC(=O)OCC1COC(C)(CC(C)C)O1. The highest BCUT2D eigenvalue weighted by Crippen LogP contribution is 2.29. The lowest BCUT2D eigenvalue weighted by molar-refractivity contribution is -0.173. The Bertz CT molecular complexity index is 279. The average molecular weight is 274 g/mol. The third-order valence-corrected chi connectivity index (χ3v) is 2.85. The molecule has 2 atom stereocenters. The molecule has 2 unspecified atom stereocenters. The third-order valence-electron chi connectivity index (χ3n) is 2.85. The van der Waals surface area contributed by atoms with Gasteiger partial charge in [-0.3, -0.25) is 4.79 Å². The van der Waals surface area contributed by atoms with Gasteiger partial charge in [0.2, 0.25) is 0 Å². The normalized spacial score (nSPS) is 26.9. The molecule has 5 nitrogen and oxygen atoms in total. The van der Waals surface area contributed by atoms with Crippen LogP contribution in [0.2, 0.25) is 0 Å². The molecule has 0 bridgehead atoms. The highest BCUT2D eigenvalue weighted by Gasteiger charge is 2.38. The molecule has 0 aromatic heterocycles. The number of rotatable bonds is 8. The van der Waals surface area contributed by atoms with Crippen molar-refractivity contribution in [2.45, 2.75) is 52.4 Å². The maximum atomic E-state index is 11.4. The van der Waals surface area contributed by atoms with Crippen molar-refractivity contribution < 1.29 is 23.7 Å². The van der Waals surface area contributed by atoms with E-state index in [4.69, 9.17) is 18.9 Å². The summed E-state index contributed by atoms with van der Waals surface area (Å²) in [6, 6.07) is 0. The zero-order valence-electron chi connectivity index (χ0n) is 12.4. The lowest BCUT2D eigenvalue weighted by Crippen LogP contribution is -2.30. The van der Waals surface area contributed by atoms with Gasteiger partial charge in [0, 0.05) is 13.0 Å². The van der Waals surface area contributed by atoms with Crippen molar-refractivity contribution in [1.29, 1.82) is 0 Å². The van der Waals surface area contributed by atoms with Gasteiger partial charge in [-0.25, -0.2) is 0 Å². The first kappa shape index (κ1) is 16.4. The molecule has 0 amide bonds. The van der Waals surface area contributed by atoms with Gasteiger partial charge in [-0.2, -0.15) is 0 Å². The average Bonchev–Trinajstić information content (AvgIpc) is 2.67. The molecule has 1 rings (SSSR count). The van der Waals surface area contributed by atoms with E-state index in [2.05, 4.69) is 13.8 Å². The van der Waals surface area contributed by atoms with Gasteiger partial charge in [0.25, 0.3) is 0 Å². The van der Waals surface area contributed by atoms with Crippen molar-refractivity contribution in [2.24, 2.45) is 5.92 Å². The minimum atomic E-state index is -0.545. The molecular formula is C14H26O5. The fourth-order valence-electron chi connectivity index (χ4n) is 2.18. The number of hydrogen-bond acceptors (Lipinski definition) is 5. The molecule has 0 spiro atoms. The highest BCUT2D eigenvalue weighted by atomic mass is 16.7. The van der Waals surface area contributed by atoms with Crippen LogP contribution in [0.15, 0.2) is 0 Å². The Balaban J connectivity index is 2.19. The monoisotopic (exact) mass is 274 g/mol. The minimum absolute atomic E-state index is 0.167. The van der Waals surface area contributed by atoms with Crippen LogP contribution < -0.4 is 0 Å². The molecule has 1 aliphatic rings. The Morgan fingerprint density at radius 3 is 2.84 bits per heavy atom. The Hall–Kier alpha value is -0.650. The first-order valence-corrected chi connectivity index (χ1v) is 7.00. The topological polar surface area (TPSA) is 54.0 Å². The molecule has 1 fully saturated rings. The zero-order valence-corrected chi connectivity index (χ0v) is 12.4. The minimum Gasteiger partial charge on any atom is -0.463 e. The summed E-state index contributed by atoms with van der Waals surface area (Å²) in [7, 11) is 0. The van der Waals surface area contributed by atoms with Gasteiger partial charge in [-0.05, 0) is 19.8 Å². The first-order valence-electron chi connectivity index (χ1n) is 7.00. The van der Waals surface area contributed by atoms with Crippen molar-refractivity contribution in [1.82, 2.24) is 0 Å². The molecule has 0 aromatic rings. The predicted molar refractivity (Wildman–Crippen MR) is 70.8 cm³/mol. The van der Waals surface area contributed by atoms with Gasteiger partial charge in [-0.15, -0.1) is 0 Å². The smallest absolute Gasteiger partial charge is 0.308 e. The number of carbonyl (C=O) groups excluding carboxylic acids is 1. The Labute approximate surface area is 115 Å². The van der Waals surface area contributed by atoms with Crippen LogP contribution in [0, 0.1) is 5.92 Å². The maximum absolute atomic E-state index is 11.4. The van der Waals surface area contributed by atoms with Crippen LogP contribution in [0.5, 0.6) is 0 Å². The standard InChI is InChI=1S/C14H26O5/c1-5-16-7-6-13(15)17-9-12-10-18-14(4,19-12)8-11(2)3/h11-12H,5-10H2,1-4H3. The molecule has 5 heteroatoms. The molecule has 0 aromatic carbocycles. The van der Waals surface area contributed by atoms with Crippen LogP contribution in [0.25, 0.3) is 0 Å². The second-order valence-electron chi connectivity index (χ2n) is 5.41. The van der Waals surface area contributed by atoms with E-state index in [0.29, 0.717) is 25.7 Å². The van der Waals surface area contributed by atoms with E-state index in [1.165, 1.54) is 0 Å². The summed E-state index contributed by atoms with van der Waals surface area (Å²) >= 11 is 0. The van der Waals surface area contributed by atoms with Crippen LogP contribution in [-0.2, 0) is 23.7 Å². The number of ether oxygens (including phenoxy) is 4. The molecule has 1 heterocycles. The van der Waals surface area contributed by atoms with Gasteiger partial charge in [-0.1, -0.05) is 13.8 Å². The summed E-state index contributed by atoms with van der Waals surface area (Å²) < 4.78 is 21.7. The second-order valence-corrected chi connectivity index (χ2v) is 5.41.